The van der Waals surface area contributed by atoms with E-state index in [9.17, 15) is 9.59 Å². The number of carbonyl (C=O) groups is 2. The smallest absolute Gasteiger partial charge is 0.223 e. The van der Waals surface area contributed by atoms with E-state index in [1.54, 1.807) is 18.2 Å². The lowest BCUT2D eigenvalue weighted by atomic mass is 9.49. The number of fused-ring (bicyclic) bond motifs is 1. The third-order valence-corrected chi connectivity index (χ3v) is 9.00. The summed E-state index contributed by atoms with van der Waals surface area (Å²) < 4.78 is 6.33. The van der Waals surface area contributed by atoms with Crippen LogP contribution in [0.3, 0.4) is 0 Å². The molecule has 2 aliphatic heterocycles. The van der Waals surface area contributed by atoms with Crippen molar-refractivity contribution in [2.24, 2.45) is 23.2 Å². The number of Topliss-reactive ketones (excluding diaryl/α,β-unsaturated/α-hetero) is 1. The molecule has 0 atom stereocenters. The zero-order valence-electron chi connectivity index (χ0n) is 17.5. The summed E-state index contributed by atoms with van der Waals surface area (Å²) in [5.41, 5.74) is 0.416. The van der Waals surface area contributed by atoms with Gasteiger partial charge in [0.2, 0.25) is 5.91 Å². The molecule has 160 valence electrons. The van der Waals surface area contributed by atoms with Gasteiger partial charge in [0.25, 0.3) is 0 Å². The molecule has 4 saturated carbocycles. The van der Waals surface area contributed by atoms with Crippen LogP contribution in [0, 0.1) is 23.2 Å². The number of ketones is 1. The highest BCUT2D eigenvalue weighted by Crippen LogP contribution is 2.61. The summed E-state index contributed by atoms with van der Waals surface area (Å²) in [5, 5.41) is 0.562. The van der Waals surface area contributed by atoms with E-state index >= 15 is 0 Å². The van der Waals surface area contributed by atoms with Crippen molar-refractivity contribution in [3.63, 3.8) is 0 Å². The number of piperidine rings is 1. The van der Waals surface area contributed by atoms with Crippen LogP contribution in [0.5, 0.6) is 5.75 Å². The van der Waals surface area contributed by atoms with Gasteiger partial charge >= 0.3 is 0 Å². The monoisotopic (exact) mass is 427 g/mol. The van der Waals surface area contributed by atoms with Gasteiger partial charge in [-0.2, -0.15) is 0 Å². The van der Waals surface area contributed by atoms with Gasteiger partial charge < -0.3 is 9.64 Å². The first kappa shape index (κ1) is 19.2. The highest BCUT2D eigenvalue weighted by atomic mass is 35.5. The molecular formula is C25H30ClNO3. The third-order valence-electron chi connectivity index (χ3n) is 8.77. The summed E-state index contributed by atoms with van der Waals surface area (Å²) in [5.74, 6) is 3.72. The van der Waals surface area contributed by atoms with Crippen LogP contribution in [0.25, 0.3) is 0 Å². The number of hydrogen-bond acceptors (Lipinski definition) is 3. The minimum atomic E-state index is -0.463. The summed E-state index contributed by atoms with van der Waals surface area (Å²) in [7, 11) is 0. The highest BCUT2D eigenvalue weighted by Gasteiger charge is 2.52. The molecule has 1 saturated heterocycles. The number of carbonyl (C=O) groups excluding carboxylic acids is 2. The molecule has 7 rings (SSSR count). The Balaban J connectivity index is 1.12. The van der Waals surface area contributed by atoms with E-state index in [1.807, 2.05) is 0 Å². The zero-order chi connectivity index (χ0) is 20.5. The van der Waals surface area contributed by atoms with Crippen molar-refractivity contribution in [2.75, 3.05) is 13.1 Å². The highest BCUT2D eigenvalue weighted by molar-refractivity contribution is 6.31. The SMILES string of the molecule is O=C1CC2(CCN(C(=O)CC34CC5CC(CC(C5)C3)C4)CC2)Oc2ccc(Cl)cc21. The second kappa shape index (κ2) is 6.72. The third kappa shape index (κ3) is 3.18. The Bertz CT molecular complexity index is 866. The molecule has 4 bridgehead atoms. The summed E-state index contributed by atoms with van der Waals surface area (Å²) in [4.78, 5) is 28.0. The van der Waals surface area contributed by atoms with Crippen molar-refractivity contribution >= 4 is 23.3 Å². The predicted octanol–water partition coefficient (Wildman–Crippen LogP) is 5.27. The fraction of sp³-hybridized carbons (Fsp3) is 0.680. The topological polar surface area (TPSA) is 46.6 Å². The molecule has 4 aliphatic carbocycles. The lowest BCUT2D eigenvalue weighted by molar-refractivity contribution is -0.142. The second-order valence-corrected chi connectivity index (χ2v) is 11.4. The normalized spacial score (nSPS) is 36.0. The number of amides is 1. The van der Waals surface area contributed by atoms with E-state index in [-0.39, 0.29) is 11.2 Å². The maximum Gasteiger partial charge on any atom is 0.223 e. The minimum Gasteiger partial charge on any atom is -0.486 e. The maximum atomic E-state index is 13.3. The first-order valence-electron chi connectivity index (χ1n) is 11.7. The number of hydrogen-bond donors (Lipinski definition) is 0. The minimum absolute atomic E-state index is 0.104. The van der Waals surface area contributed by atoms with E-state index in [0.717, 1.165) is 37.0 Å². The number of benzene rings is 1. The van der Waals surface area contributed by atoms with Crippen molar-refractivity contribution < 1.29 is 14.3 Å². The largest absolute Gasteiger partial charge is 0.486 e. The maximum absolute atomic E-state index is 13.3. The van der Waals surface area contributed by atoms with Crippen LogP contribution in [0.1, 0.15) is 74.6 Å². The number of rotatable bonds is 2. The molecule has 30 heavy (non-hydrogen) atoms. The van der Waals surface area contributed by atoms with Crippen molar-refractivity contribution in [2.45, 2.75) is 69.8 Å². The molecular weight excluding hydrogens is 398 g/mol. The van der Waals surface area contributed by atoms with Gasteiger partial charge in [-0.05, 0) is 79.9 Å². The van der Waals surface area contributed by atoms with Crippen molar-refractivity contribution in [1.29, 1.82) is 0 Å². The van der Waals surface area contributed by atoms with Crippen molar-refractivity contribution in [3.8, 4) is 5.75 Å². The Morgan fingerprint density at radius 3 is 2.33 bits per heavy atom. The molecule has 0 aromatic heterocycles. The Hall–Kier alpha value is -1.55. The average Bonchev–Trinajstić information content (AvgIpc) is 2.68. The molecule has 2 heterocycles. The number of likely N-dealkylation sites (tertiary alicyclic amines) is 1. The molecule has 1 aromatic rings. The molecule has 1 spiro atoms. The van der Waals surface area contributed by atoms with Gasteiger partial charge in [0.15, 0.2) is 5.78 Å². The first-order valence-corrected chi connectivity index (χ1v) is 12.1. The Morgan fingerprint density at radius 2 is 1.70 bits per heavy atom. The molecule has 0 unspecified atom stereocenters. The molecule has 0 radical (unpaired) electrons. The van der Waals surface area contributed by atoms with Gasteiger partial charge in [-0.25, -0.2) is 0 Å². The summed E-state index contributed by atoms with van der Waals surface area (Å²) in [6.45, 7) is 1.39. The summed E-state index contributed by atoms with van der Waals surface area (Å²) >= 11 is 6.05. The van der Waals surface area contributed by atoms with Crippen LogP contribution in [0.15, 0.2) is 18.2 Å². The number of ether oxygens (including phenoxy) is 1. The summed E-state index contributed by atoms with van der Waals surface area (Å²) in [6.07, 6.45) is 10.7. The standard InChI is InChI=1S/C25H30ClNO3/c26-19-1-2-22-20(10-19)21(28)14-25(30-22)3-5-27(6-4-25)23(29)15-24-11-16-7-17(12-24)9-18(8-16)13-24/h1-2,10,16-18H,3-9,11-15H2. The zero-order valence-corrected chi connectivity index (χ0v) is 18.3. The van der Waals surface area contributed by atoms with Crippen LogP contribution >= 0.6 is 11.6 Å². The van der Waals surface area contributed by atoms with Crippen LogP contribution in [-0.4, -0.2) is 35.3 Å². The van der Waals surface area contributed by atoms with E-state index in [4.69, 9.17) is 16.3 Å². The predicted molar refractivity (Wildman–Crippen MR) is 115 cm³/mol. The van der Waals surface area contributed by atoms with E-state index in [1.165, 1.54) is 38.5 Å². The Morgan fingerprint density at radius 1 is 1.07 bits per heavy atom. The quantitative estimate of drug-likeness (QED) is 0.645. The van der Waals surface area contributed by atoms with Gasteiger partial charge in [0.05, 0.1) is 12.0 Å². The fourth-order valence-electron chi connectivity index (χ4n) is 7.85. The second-order valence-electron chi connectivity index (χ2n) is 11.0. The van der Waals surface area contributed by atoms with Crippen LogP contribution in [0.4, 0.5) is 0 Å². The Kier molecular flexibility index (Phi) is 4.29. The van der Waals surface area contributed by atoms with Crippen molar-refractivity contribution in [1.82, 2.24) is 4.90 Å². The van der Waals surface area contributed by atoms with Crippen molar-refractivity contribution in [3.05, 3.63) is 28.8 Å². The Labute approximate surface area is 183 Å². The van der Waals surface area contributed by atoms with E-state index < -0.39 is 5.60 Å². The lowest BCUT2D eigenvalue weighted by Crippen LogP contribution is -2.53. The average molecular weight is 428 g/mol. The van der Waals surface area contributed by atoms with Crippen LogP contribution < -0.4 is 4.74 Å². The molecule has 6 aliphatic rings. The van der Waals surface area contributed by atoms with Gasteiger partial charge in [0, 0.05) is 37.4 Å². The molecule has 0 N–H and O–H groups in total. The fourth-order valence-corrected chi connectivity index (χ4v) is 8.02. The first-order chi connectivity index (χ1) is 14.4. The molecule has 5 fully saturated rings. The van der Waals surface area contributed by atoms with Crippen LogP contribution in [0.2, 0.25) is 5.02 Å². The number of halogens is 1. The van der Waals surface area contributed by atoms with Crippen LogP contribution in [-0.2, 0) is 4.79 Å². The number of nitrogens with zero attached hydrogens (tertiary/aromatic N) is 1. The van der Waals surface area contributed by atoms with E-state index in [2.05, 4.69) is 4.90 Å². The molecule has 4 nitrogen and oxygen atoms in total. The van der Waals surface area contributed by atoms with Gasteiger partial charge in [-0.1, -0.05) is 11.6 Å². The van der Waals surface area contributed by atoms with Gasteiger partial charge in [0.1, 0.15) is 11.4 Å². The molecule has 5 heteroatoms. The molecule has 1 amide bonds. The molecule has 1 aromatic carbocycles. The summed E-state index contributed by atoms with van der Waals surface area (Å²) in [6, 6.07) is 5.29. The lowest BCUT2D eigenvalue weighted by Gasteiger charge is -2.57. The van der Waals surface area contributed by atoms with E-state index in [0.29, 0.717) is 41.8 Å². The van der Waals surface area contributed by atoms with Gasteiger partial charge in [-0.3, -0.25) is 9.59 Å². The van der Waals surface area contributed by atoms with Gasteiger partial charge in [-0.15, -0.1) is 0 Å².